The molecular formula is C11H11FN2O. The molecule has 1 atom stereocenters. The molecule has 0 radical (unpaired) electrons. The quantitative estimate of drug-likeness (QED) is 0.743. The number of hydrogen-bond acceptors (Lipinski definition) is 3. The lowest BCUT2D eigenvalue weighted by Gasteiger charge is -2.12. The monoisotopic (exact) mass is 206 g/mol. The third-order valence-corrected chi connectivity index (χ3v) is 2.04. The Bertz CT molecular complexity index is 423. The summed E-state index contributed by atoms with van der Waals surface area (Å²) in [5, 5.41) is 18.0. The molecule has 0 aliphatic heterocycles. The molecule has 0 saturated heterocycles. The maximum absolute atomic E-state index is 13.1. The van der Waals surface area contributed by atoms with E-state index in [0.717, 1.165) is 6.07 Å². The Balaban J connectivity index is 3.22. The molecule has 4 heteroatoms. The first-order valence-electron chi connectivity index (χ1n) is 4.39. The van der Waals surface area contributed by atoms with Gasteiger partial charge in [-0.3, -0.25) is 0 Å². The highest BCUT2D eigenvalue weighted by atomic mass is 19.1. The van der Waals surface area contributed by atoms with Crippen molar-refractivity contribution in [3.63, 3.8) is 0 Å². The highest BCUT2D eigenvalue weighted by molar-refractivity contribution is 5.44. The second-order valence-electron chi connectivity index (χ2n) is 3.14. The number of aromatic hydroxyl groups is 1. The fourth-order valence-electron chi connectivity index (χ4n) is 1.27. The van der Waals surface area contributed by atoms with Crippen LogP contribution in [0.3, 0.4) is 0 Å². The van der Waals surface area contributed by atoms with E-state index in [4.69, 9.17) is 11.0 Å². The highest BCUT2D eigenvalue weighted by Crippen LogP contribution is 2.28. The van der Waals surface area contributed by atoms with Gasteiger partial charge in [-0.15, -0.1) is 6.58 Å². The Morgan fingerprint density at radius 2 is 2.33 bits per heavy atom. The fraction of sp³-hybridized carbons (Fsp3) is 0.182. The minimum Gasteiger partial charge on any atom is -0.505 e. The van der Waals surface area contributed by atoms with Gasteiger partial charge in [0, 0.05) is 11.6 Å². The molecule has 0 unspecified atom stereocenters. The van der Waals surface area contributed by atoms with Gasteiger partial charge in [-0.1, -0.05) is 6.08 Å². The summed E-state index contributed by atoms with van der Waals surface area (Å²) in [6.45, 7) is 3.50. The normalized spacial score (nSPS) is 11.8. The zero-order valence-electron chi connectivity index (χ0n) is 8.07. The maximum atomic E-state index is 13.1. The minimum absolute atomic E-state index is 0.139. The van der Waals surface area contributed by atoms with Crippen molar-refractivity contribution >= 4 is 0 Å². The second-order valence-corrected chi connectivity index (χ2v) is 3.14. The molecular weight excluding hydrogens is 195 g/mol. The first kappa shape index (κ1) is 11.2. The van der Waals surface area contributed by atoms with Gasteiger partial charge in [0.2, 0.25) is 0 Å². The molecule has 0 saturated carbocycles. The van der Waals surface area contributed by atoms with Crippen LogP contribution in [0, 0.1) is 17.1 Å². The number of nitrogens with two attached hydrogens (primary N) is 1. The third-order valence-electron chi connectivity index (χ3n) is 2.04. The first-order chi connectivity index (χ1) is 7.10. The van der Waals surface area contributed by atoms with Crippen molar-refractivity contribution in [3.05, 3.63) is 41.7 Å². The molecule has 0 amide bonds. The molecule has 1 aromatic rings. The Kier molecular flexibility index (Phi) is 3.42. The summed E-state index contributed by atoms with van der Waals surface area (Å²) in [7, 11) is 0. The molecule has 0 fully saturated rings. The minimum atomic E-state index is -0.830. The van der Waals surface area contributed by atoms with Crippen LogP contribution in [0.25, 0.3) is 0 Å². The molecule has 0 aromatic heterocycles. The SMILES string of the molecule is C=CC[C@@H](N)c1cc(C#N)cc(F)c1O. The summed E-state index contributed by atoms with van der Waals surface area (Å²) < 4.78 is 13.1. The van der Waals surface area contributed by atoms with Gasteiger partial charge in [0.15, 0.2) is 11.6 Å². The molecule has 1 rings (SSSR count). The summed E-state index contributed by atoms with van der Waals surface area (Å²) in [5.74, 6) is -1.33. The van der Waals surface area contributed by atoms with Crippen molar-refractivity contribution in [2.75, 3.05) is 0 Å². The maximum Gasteiger partial charge on any atom is 0.166 e. The van der Waals surface area contributed by atoms with Crippen molar-refractivity contribution in [1.82, 2.24) is 0 Å². The Morgan fingerprint density at radius 3 is 2.87 bits per heavy atom. The molecule has 78 valence electrons. The van der Waals surface area contributed by atoms with Crippen LogP contribution in [0.4, 0.5) is 4.39 Å². The average Bonchev–Trinajstić information content (AvgIpc) is 2.22. The average molecular weight is 206 g/mol. The highest BCUT2D eigenvalue weighted by Gasteiger charge is 2.14. The van der Waals surface area contributed by atoms with Crippen molar-refractivity contribution in [2.45, 2.75) is 12.5 Å². The predicted octanol–water partition coefficient (Wildman–Crippen LogP) is 1.98. The van der Waals surface area contributed by atoms with E-state index in [1.54, 1.807) is 12.1 Å². The largest absolute Gasteiger partial charge is 0.505 e. The number of halogens is 1. The van der Waals surface area contributed by atoms with Crippen LogP contribution in [0.15, 0.2) is 24.8 Å². The number of nitrogens with zero attached hydrogens (tertiary/aromatic N) is 1. The van der Waals surface area contributed by atoms with Gasteiger partial charge in [-0.25, -0.2) is 4.39 Å². The molecule has 0 aliphatic carbocycles. The number of rotatable bonds is 3. The lowest BCUT2D eigenvalue weighted by molar-refractivity contribution is 0.420. The number of phenolic OH excluding ortho intramolecular Hbond substituents is 1. The first-order valence-corrected chi connectivity index (χ1v) is 4.39. The van der Waals surface area contributed by atoms with Crippen LogP contribution in [0.1, 0.15) is 23.6 Å². The van der Waals surface area contributed by atoms with E-state index in [-0.39, 0.29) is 11.1 Å². The number of phenols is 1. The van der Waals surface area contributed by atoms with Crippen LogP contribution in [0.5, 0.6) is 5.75 Å². The standard InChI is InChI=1S/C11H11FN2O/c1-2-3-10(14)8-4-7(6-13)5-9(12)11(8)15/h2,4-5,10,15H,1,3,14H2/t10-/m1/s1. The molecule has 0 aliphatic rings. The van der Waals surface area contributed by atoms with E-state index in [9.17, 15) is 9.50 Å². The molecule has 0 spiro atoms. The molecule has 3 N–H and O–H groups in total. The zero-order chi connectivity index (χ0) is 11.4. The van der Waals surface area contributed by atoms with Crippen LogP contribution in [-0.4, -0.2) is 5.11 Å². The summed E-state index contributed by atoms with van der Waals surface area (Å²) in [6.07, 6.45) is 1.98. The smallest absolute Gasteiger partial charge is 0.166 e. The van der Waals surface area contributed by atoms with E-state index in [1.165, 1.54) is 6.07 Å². The number of benzene rings is 1. The molecule has 3 nitrogen and oxygen atoms in total. The van der Waals surface area contributed by atoms with Crippen LogP contribution < -0.4 is 5.73 Å². The summed E-state index contributed by atoms with van der Waals surface area (Å²) in [6, 6.07) is 3.60. The number of hydrogen-bond donors (Lipinski definition) is 2. The molecule has 15 heavy (non-hydrogen) atoms. The van der Waals surface area contributed by atoms with Crippen molar-refractivity contribution in [3.8, 4) is 11.8 Å². The van der Waals surface area contributed by atoms with Crippen molar-refractivity contribution in [1.29, 1.82) is 5.26 Å². The summed E-state index contributed by atoms with van der Waals surface area (Å²) in [4.78, 5) is 0. The number of nitriles is 1. The van der Waals surface area contributed by atoms with Crippen molar-refractivity contribution < 1.29 is 9.50 Å². The van der Waals surface area contributed by atoms with E-state index in [0.29, 0.717) is 6.42 Å². The van der Waals surface area contributed by atoms with Crippen LogP contribution in [-0.2, 0) is 0 Å². The lowest BCUT2D eigenvalue weighted by atomic mass is 10.0. The molecule has 0 bridgehead atoms. The summed E-state index contributed by atoms with van der Waals surface area (Å²) >= 11 is 0. The third kappa shape index (κ3) is 2.33. The van der Waals surface area contributed by atoms with Gasteiger partial charge in [-0.05, 0) is 18.6 Å². The summed E-state index contributed by atoms with van der Waals surface area (Å²) in [5.41, 5.74) is 6.06. The lowest BCUT2D eigenvalue weighted by Crippen LogP contribution is -2.10. The van der Waals surface area contributed by atoms with Gasteiger partial charge in [-0.2, -0.15) is 5.26 Å². The van der Waals surface area contributed by atoms with Crippen LogP contribution in [0.2, 0.25) is 0 Å². The van der Waals surface area contributed by atoms with Gasteiger partial charge >= 0.3 is 0 Å². The zero-order valence-corrected chi connectivity index (χ0v) is 8.07. The Hall–Kier alpha value is -1.86. The van der Waals surface area contributed by atoms with Gasteiger partial charge in [0.05, 0.1) is 11.6 Å². The van der Waals surface area contributed by atoms with Crippen molar-refractivity contribution in [2.24, 2.45) is 5.73 Å². The molecule has 1 aromatic carbocycles. The molecule has 0 heterocycles. The predicted molar refractivity (Wildman–Crippen MR) is 54.5 cm³/mol. The van der Waals surface area contributed by atoms with Gasteiger partial charge in [0.25, 0.3) is 0 Å². The second kappa shape index (κ2) is 4.58. The van der Waals surface area contributed by atoms with E-state index in [1.807, 2.05) is 0 Å². The Labute approximate surface area is 87.3 Å². The van der Waals surface area contributed by atoms with Crippen LogP contribution >= 0.6 is 0 Å². The van der Waals surface area contributed by atoms with Gasteiger partial charge in [0.1, 0.15) is 0 Å². The van der Waals surface area contributed by atoms with E-state index < -0.39 is 17.6 Å². The van der Waals surface area contributed by atoms with Gasteiger partial charge < -0.3 is 10.8 Å². The Morgan fingerprint density at radius 1 is 1.67 bits per heavy atom. The topological polar surface area (TPSA) is 70.0 Å². The van der Waals surface area contributed by atoms with E-state index >= 15 is 0 Å². The fourth-order valence-corrected chi connectivity index (χ4v) is 1.27. The van der Waals surface area contributed by atoms with E-state index in [2.05, 4.69) is 6.58 Å².